The van der Waals surface area contributed by atoms with Gasteiger partial charge in [0, 0.05) is 30.8 Å². The van der Waals surface area contributed by atoms with Crippen LogP contribution in [0.1, 0.15) is 19.0 Å². The Morgan fingerprint density at radius 1 is 1.30 bits per heavy atom. The first-order chi connectivity index (χ1) is 9.63. The SMILES string of the molecule is CCCNc1ccncc1S(=O)(=O)NCc1cnc[nH]1. The number of sulfonamides is 1. The van der Waals surface area contributed by atoms with Crippen molar-refractivity contribution in [2.45, 2.75) is 24.8 Å². The second-order valence-corrected chi connectivity index (χ2v) is 5.94. The van der Waals surface area contributed by atoms with Crippen LogP contribution in [0.15, 0.2) is 35.9 Å². The summed E-state index contributed by atoms with van der Waals surface area (Å²) in [5.74, 6) is 0. The molecule has 108 valence electrons. The molecule has 0 aromatic carbocycles. The number of rotatable bonds is 7. The molecule has 7 nitrogen and oxygen atoms in total. The summed E-state index contributed by atoms with van der Waals surface area (Å²) in [4.78, 5) is 10.7. The fraction of sp³-hybridized carbons (Fsp3) is 0.333. The largest absolute Gasteiger partial charge is 0.384 e. The predicted octanol–water partition coefficient (Wildman–Crippen LogP) is 1.11. The first kappa shape index (κ1) is 14.5. The Labute approximate surface area is 117 Å². The Morgan fingerprint density at radius 3 is 2.85 bits per heavy atom. The smallest absolute Gasteiger partial charge is 0.244 e. The third-order valence-electron chi connectivity index (χ3n) is 2.65. The van der Waals surface area contributed by atoms with Crippen LogP contribution in [-0.2, 0) is 16.6 Å². The quantitative estimate of drug-likeness (QED) is 0.710. The number of aromatic nitrogens is 3. The Hall–Kier alpha value is -1.93. The van der Waals surface area contributed by atoms with Crippen molar-refractivity contribution < 1.29 is 8.42 Å². The van der Waals surface area contributed by atoms with E-state index < -0.39 is 10.0 Å². The van der Waals surface area contributed by atoms with Gasteiger partial charge in [-0.05, 0) is 12.5 Å². The molecule has 0 unspecified atom stereocenters. The summed E-state index contributed by atoms with van der Waals surface area (Å²) < 4.78 is 27.1. The van der Waals surface area contributed by atoms with Crippen molar-refractivity contribution in [3.05, 3.63) is 36.7 Å². The van der Waals surface area contributed by atoms with E-state index in [0.29, 0.717) is 17.9 Å². The van der Waals surface area contributed by atoms with Gasteiger partial charge in [-0.15, -0.1) is 0 Å². The van der Waals surface area contributed by atoms with E-state index in [1.807, 2.05) is 6.92 Å². The highest BCUT2D eigenvalue weighted by Gasteiger charge is 2.18. The maximum Gasteiger partial charge on any atom is 0.244 e. The number of anilines is 1. The Balaban J connectivity index is 2.16. The molecular formula is C12H17N5O2S. The molecule has 0 bridgehead atoms. The minimum atomic E-state index is -3.62. The molecule has 8 heteroatoms. The first-order valence-corrected chi connectivity index (χ1v) is 7.76. The summed E-state index contributed by atoms with van der Waals surface area (Å²) >= 11 is 0. The van der Waals surface area contributed by atoms with Gasteiger partial charge in [-0.1, -0.05) is 6.92 Å². The first-order valence-electron chi connectivity index (χ1n) is 6.28. The molecule has 0 saturated heterocycles. The van der Waals surface area contributed by atoms with Crippen LogP contribution in [0.5, 0.6) is 0 Å². The Bertz CT molecular complexity index is 640. The molecular weight excluding hydrogens is 278 g/mol. The van der Waals surface area contributed by atoms with Crippen LogP contribution in [-0.4, -0.2) is 29.9 Å². The lowest BCUT2D eigenvalue weighted by Gasteiger charge is -2.11. The highest BCUT2D eigenvalue weighted by molar-refractivity contribution is 7.89. The molecule has 0 spiro atoms. The summed E-state index contributed by atoms with van der Waals surface area (Å²) in [6, 6.07) is 1.65. The molecule has 0 aliphatic rings. The fourth-order valence-corrected chi connectivity index (χ4v) is 2.76. The summed E-state index contributed by atoms with van der Waals surface area (Å²) in [6.45, 7) is 2.87. The van der Waals surface area contributed by atoms with Crippen molar-refractivity contribution in [2.24, 2.45) is 0 Å². The van der Waals surface area contributed by atoms with Gasteiger partial charge in [0.25, 0.3) is 0 Å². The summed E-state index contributed by atoms with van der Waals surface area (Å²) in [6.07, 6.45) is 6.88. The van der Waals surface area contributed by atoms with E-state index in [-0.39, 0.29) is 11.4 Å². The lowest BCUT2D eigenvalue weighted by Crippen LogP contribution is -2.24. The Kier molecular flexibility index (Phi) is 4.70. The summed E-state index contributed by atoms with van der Waals surface area (Å²) in [5, 5.41) is 3.08. The highest BCUT2D eigenvalue weighted by Crippen LogP contribution is 2.19. The van der Waals surface area contributed by atoms with Gasteiger partial charge in [0.15, 0.2) is 0 Å². The van der Waals surface area contributed by atoms with E-state index >= 15 is 0 Å². The average Bonchev–Trinajstić information content (AvgIpc) is 2.97. The van der Waals surface area contributed by atoms with Crippen molar-refractivity contribution in [1.82, 2.24) is 19.7 Å². The van der Waals surface area contributed by atoms with Crippen LogP contribution in [0.3, 0.4) is 0 Å². The van der Waals surface area contributed by atoms with E-state index in [1.54, 1.807) is 18.5 Å². The summed E-state index contributed by atoms with van der Waals surface area (Å²) in [5.41, 5.74) is 1.25. The molecule has 2 aromatic rings. The maximum atomic E-state index is 12.3. The molecule has 0 saturated carbocycles. The molecule has 0 amide bonds. The van der Waals surface area contributed by atoms with Crippen molar-refractivity contribution >= 4 is 15.7 Å². The van der Waals surface area contributed by atoms with Crippen molar-refractivity contribution in [3.63, 3.8) is 0 Å². The topological polar surface area (TPSA) is 99.8 Å². The molecule has 0 aliphatic heterocycles. The van der Waals surface area contributed by atoms with Crippen molar-refractivity contribution in [3.8, 4) is 0 Å². The van der Waals surface area contributed by atoms with Crippen molar-refractivity contribution in [1.29, 1.82) is 0 Å². The number of aromatic amines is 1. The normalized spacial score (nSPS) is 11.4. The van der Waals surface area contributed by atoms with E-state index in [1.165, 1.54) is 12.5 Å². The van der Waals surface area contributed by atoms with Gasteiger partial charge >= 0.3 is 0 Å². The zero-order valence-electron chi connectivity index (χ0n) is 11.1. The predicted molar refractivity (Wildman–Crippen MR) is 75.6 cm³/mol. The average molecular weight is 295 g/mol. The monoisotopic (exact) mass is 295 g/mol. The molecule has 3 N–H and O–H groups in total. The van der Waals surface area contributed by atoms with E-state index in [0.717, 1.165) is 6.42 Å². The van der Waals surface area contributed by atoms with Crippen LogP contribution < -0.4 is 10.0 Å². The zero-order valence-corrected chi connectivity index (χ0v) is 11.9. The van der Waals surface area contributed by atoms with Crippen LogP contribution in [0, 0.1) is 0 Å². The second kappa shape index (κ2) is 6.49. The minimum Gasteiger partial charge on any atom is -0.384 e. The standard InChI is InChI=1S/C12H17N5O2S/c1-2-4-15-11-3-5-13-8-12(11)20(18,19)17-7-10-6-14-9-16-10/h3,5-6,8-9,17H,2,4,7H2,1H3,(H,13,15)(H,14,16). The Morgan fingerprint density at radius 2 is 2.15 bits per heavy atom. The van der Waals surface area contributed by atoms with Crippen LogP contribution in [0.25, 0.3) is 0 Å². The van der Waals surface area contributed by atoms with Crippen LogP contribution in [0.2, 0.25) is 0 Å². The minimum absolute atomic E-state index is 0.146. The van der Waals surface area contributed by atoms with Gasteiger partial charge in [-0.3, -0.25) is 4.98 Å². The van der Waals surface area contributed by atoms with Gasteiger partial charge < -0.3 is 10.3 Å². The number of H-pyrrole nitrogens is 1. The molecule has 20 heavy (non-hydrogen) atoms. The number of nitrogens with zero attached hydrogens (tertiary/aromatic N) is 2. The molecule has 0 fully saturated rings. The van der Waals surface area contributed by atoms with E-state index in [4.69, 9.17) is 0 Å². The molecule has 0 atom stereocenters. The summed E-state index contributed by atoms with van der Waals surface area (Å²) in [7, 11) is -3.62. The van der Waals surface area contributed by atoms with Gasteiger partial charge in [0.1, 0.15) is 4.90 Å². The van der Waals surface area contributed by atoms with Gasteiger partial charge in [-0.25, -0.2) is 18.1 Å². The molecule has 2 rings (SSSR count). The molecule has 2 aromatic heterocycles. The maximum absolute atomic E-state index is 12.3. The van der Waals surface area contributed by atoms with E-state index in [2.05, 4.69) is 25.0 Å². The molecule has 0 radical (unpaired) electrons. The van der Waals surface area contributed by atoms with Crippen LogP contribution >= 0.6 is 0 Å². The number of imidazole rings is 1. The second-order valence-electron chi connectivity index (χ2n) is 4.20. The van der Waals surface area contributed by atoms with Crippen LogP contribution in [0.4, 0.5) is 5.69 Å². The third-order valence-corrected chi connectivity index (χ3v) is 4.08. The number of pyridine rings is 1. The highest BCUT2D eigenvalue weighted by atomic mass is 32.2. The number of hydrogen-bond donors (Lipinski definition) is 3. The van der Waals surface area contributed by atoms with Gasteiger partial charge in [0.2, 0.25) is 10.0 Å². The fourth-order valence-electron chi connectivity index (χ4n) is 1.63. The van der Waals surface area contributed by atoms with Crippen molar-refractivity contribution in [2.75, 3.05) is 11.9 Å². The molecule has 2 heterocycles. The lowest BCUT2D eigenvalue weighted by atomic mass is 10.4. The molecule has 0 aliphatic carbocycles. The number of nitrogens with one attached hydrogen (secondary N) is 3. The third kappa shape index (κ3) is 3.55. The van der Waals surface area contributed by atoms with Gasteiger partial charge in [0.05, 0.1) is 18.6 Å². The van der Waals surface area contributed by atoms with E-state index in [9.17, 15) is 8.42 Å². The number of hydrogen-bond acceptors (Lipinski definition) is 5. The zero-order chi connectivity index (χ0) is 14.4. The lowest BCUT2D eigenvalue weighted by molar-refractivity contribution is 0.580. The van der Waals surface area contributed by atoms with Gasteiger partial charge in [-0.2, -0.15) is 0 Å².